The Hall–Kier alpha value is -1.55. The molecule has 0 bridgehead atoms. The summed E-state index contributed by atoms with van der Waals surface area (Å²) in [7, 11) is 1.42. The molecule has 100 valence electrons. The molecule has 0 saturated carbocycles. The van der Waals surface area contributed by atoms with Gasteiger partial charge in [0.1, 0.15) is 6.04 Å². The van der Waals surface area contributed by atoms with Crippen LogP contribution in [0.5, 0.6) is 0 Å². The molecule has 1 N–H and O–H groups in total. The van der Waals surface area contributed by atoms with E-state index < -0.39 is 0 Å². The molecule has 0 amide bonds. The maximum absolute atomic E-state index is 11.7. The highest BCUT2D eigenvalue weighted by Gasteiger charge is 2.20. The molecule has 4 heteroatoms. The number of hydrogen-bond donors (Lipinski definition) is 1. The SMILES string of the molecule is CCNC(CN(CC)c1ccccc1)C(=O)OC. The fourth-order valence-corrected chi connectivity index (χ4v) is 1.89. The Balaban J connectivity index is 2.74. The number of nitrogens with zero attached hydrogens (tertiary/aromatic N) is 1. The van der Waals surface area contributed by atoms with Crippen molar-refractivity contribution in [2.75, 3.05) is 31.6 Å². The van der Waals surface area contributed by atoms with Crippen molar-refractivity contribution in [1.82, 2.24) is 5.32 Å². The standard InChI is InChI=1S/C14H22N2O2/c1-4-15-13(14(17)18-3)11-16(5-2)12-9-7-6-8-10-12/h6-10,13,15H,4-5,11H2,1-3H3. The van der Waals surface area contributed by atoms with Gasteiger partial charge in [0.05, 0.1) is 7.11 Å². The minimum absolute atomic E-state index is 0.216. The van der Waals surface area contributed by atoms with Crippen molar-refractivity contribution in [2.45, 2.75) is 19.9 Å². The van der Waals surface area contributed by atoms with Crippen LogP contribution in [0.1, 0.15) is 13.8 Å². The molecule has 0 radical (unpaired) electrons. The van der Waals surface area contributed by atoms with Crippen LogP contribution in [-0.4, -0.2) is 38.8 Å². The number of esters is 1. The predicted octanol–water partition coefficient (Wildman–Crippen LogP) is 1.66. The highest BCUT2D eigenvalue weighted by atomic mass is 16.5. The molecule has 1 aromatic rings. The Labute approximate surface area is 109 Å². The number of methoxy groups -OCH3 is 1. The first-order valence-electron chi connectivity index (χ1n) is 6.34. The number of benzene rings is 1. The molecule has 1 atom stereocenters. The summed E-state index contributed by atoms with van der Waals surface area (Å²) in [6.45, 7) is 6.26. The van der Waals surface area contributed by atoms with Crippen molar-refractivity contribution in [3.05, 3.63) is 30.3 Å². The van der Waals surface area contributed by atoms with E-state index in [-0.39, 0.29) is 12.0 Å². The van der Waals surface area contributed by atoms with Crippen molar-refractivity contribution in [2.24, 2.45) is 0 Å². The maximum atomic E-state index is 11.7. The van der Waals surface area contributed by atoms with Gasteiger partial charge in [0.2, 0.25) is 0 Å². The lowest BCUT2D eigenvalue weighted by Gasteiger charge is -2.27. The summed E-state index contributed by atoms with van der Waals surface area (Å²) >= 11 is 0. The van der Waals surface area contributed by atoms with Gasteiger partial charge in [-0.05, 0) is 25.6 Å². The molecule has 0 heterocycles. The van der Waals surface area contributed by atoms with Crippen LogP contribution >= 0.6 is 0 Å². The van der Waals surface area contributed by atoms with Gasteiger partial charge in [-0.25, -0.2) is 0 Å². The lowest BCUT2D eigenvalue weighted by atomic mass is 10.2. The van der Waals surface area contributed by atoms with Crippen LogP contribution < -0.4 is 10.2 Å². The van der Waals surface area contributed by atoms with Crippen molar-refractivity contribution in [3.63, 3.8) is 0 Å². The normalized spacial score (nSPS) is 11.9. The number of anilines is 1. The Morgan fingerprint density at radius 2 is 2.00 bits per heavy atom. The van der Waals surface area contributed by atoms with Gasteiger partial charge in [-0.1, -0.05) is 25.1 Å². The highest BCUT2D eigenvalue weighted by molar-refractivity contribution is 5.76. The average Bonchev–Trinajstić information content (AvgIpc) is 2.43. The largest absolute Gasteiger partial charge is 0.468 e. The number of rotatable bonds is 7. The zero-order valence-electron chi connectivity index (χ0n) is 11.3. The monoisotopic (exact) mass is 250 g/mol. The Morgan fingerprint density at radius 1 is 1.33 bits per heavy atom. The van der Waals surface area contributed by atoms with E-state index in [4.69, 9.17) is 4.74 Å². The van der Waals surface area contributed by atoms with E-state index >= 15 is 0 Å². The molecular weight excluding hydrogens is 228 g/mol. The van der Waals surface area contributed by atoms with E-state index in [0.717, 1.165) is 18.8 Å². The van der Waals surface area contributed by atoms with Gasteiger partial charge >= 0.3 is 5.97 Å². The van der Waals surface area contributed by atoms with Crippen LogP contribution in [0.3, 0.4) is 0 Å². The van der Waals surface area contributed by atoms with Gasteiger partial charge in [-0.2, -0.15) is 0 Å². The summed E-state index contributed by atoms with van der Waals surface area (Å²) in [5.74, 6) is -0.216. The predicted molar refractivity (Wildman–Crippen MR) is 73.8 cm³/mol. The second kappa shape index (κ2) is 7.71. The van der Waals surface area contributed by atoms with Gasteiger partial charge in [0.15, 0.2) is 0 Å². The van der Waals surface area contributed by atoms with Gasteiger partial charge in [0.25, 0.3) is 0 Å². The molecule has 1 unspecified atom stereocenters. The fourth-order valence-electron chi connectivity index (χ4n) is 1.89. The van der Waals surface area contributed by atoms with Crippen LogP contribution in [-0.2, 0) is 9.53 Å². The third-order valence-corrected chi connectivity index (χ3v) is 2.84. The molecule has 0 spiro atoms. The lowest BCUT2D eigenvalue weighted by Crippen LogP contribution is -2.46. The zero-order valence-corrected chi connectivity index (χ0v) is 11.3. The van der Waals surface area contributed by atoms with Crippen molar-refractivity contribution < 1.29 is 9.53 Å². The van der Waals surface area contributed by atoms with Gasteiger partial charge in [0, 0.05) is 18.8 Å². The topological polar surface area (TPSA) is 41.6 Å². The lowest BCUT2D eigenvalue weighted by molar-refractivity contribution is -0.142. The van der Waals surface area contributed by atoms with E-state index in [1.807, 2.05) is 37.3 Å². The number of nitrogens with one attached hydrogen (secondary N) is 1. The first kappa shape index (κ1) is 14.5. The van der Waals surface area contributed by atoms with E-state index in [1.54, 1.807) is 0 Å². The third-order valence-electron chi connectivity index (χ3n) is 2.84. The summed E-state index contributed by atoms with van der Waals surface area (Å²) < 4.78 is 4.82. The molecule has 0 aromatic heterocycles. The fraction of sp³-hybridized carbons (Fsp3) is 0.500. The second-order valence-electron chi connectivity index (χ2n) is 4.01. The molecule has 4 nitrogen and oxygen atoms in total. The van der Waals surface area contributed by atoms with Gasteiger partial charge < -0.3 is 15.0 Å². The molecule has 0 aliphatic rings. The molecule has 1 aromatic carbocycles. The Bertz CT molecular complexity index is 354. The summed E-state index contributed by atoms with van der Waals surface area (Å²) in [5.41, 5.74) is 1.12. The Kier molecular flexibility index (Phi) is 6.22. The molecule has 1 rings (SSSR count). The average molecular weight is 250 g/mol. The van der Waals surface area contributed by atoms with Gasteiger partial charge in [-0.3, -0.25) is 4.79 Å². The minimum Gasteiger partial charge on any atom is -0.468 e. The van der Waals surface area contributed by atoms with Gasteiger partial charge in [-0.15, -0.1) is 0 Å². The van der Waals surface area contributed by atoms with Crippen molar-refractivity contribution in [3.8, 4) is 0 Å². The van der Waals surface area contributed by atoms with Crippen LogP contribution in [0.2, 0.25) is 0 Å². The van der Waals surface area contributed by atoms with E-state index in [0.29, 0.717) is 6.54 Å². The zero-order chi connectivity index (χ0) is 13.4. The molecule has 0 aliphatic heterocycles. The van der Waals surface area contributed by atoms with Crippen LogP contribution in [0.25, 0.3) is 0 Å². The van der Waals surface area contributed by atoms with Crippen LogP contribution in [0.4, 0.5) is 5.69 Å². The van der Waals surface area contributed by atoms with Crippen LogP contribution in [0.15, 0.2) is 30.3 Å². The quantitative estimate of drug-likeness (QED) is 0.747. The molecule has 0 fully saturated rings. The molecule has 0 aliphatic carbocycles. The minimum atomic E-state index is -0.292. The molecule has 18 heavy (non-hydrogen) atoms. The number of hydrogen-bond acceptors (Lipinski definition) is 4. The Morgan fingerprint density at radius 3 is 2.50 bits per heavy atom. The number of ether oxygens (including phenoxy) is 1. The van der Waals surface area contributed by atoms with E-state index in [1.165, 1.54) is 7.11 Å². The van der Waals surface area contributed by atoms with Crippen LogP contribution in [0, 0.1) is 0 Å². The first-order chi connectivity index (χ1) is 8.72. The first-order valence-corrected chi connectivity index (χ1v) is 6.34. The number of likely N-dealkylation sites (N-methyl/N-ethyl adjacent to an activating group) is 2. The summed E-state index contributed by atoms with van der Waals surface area (Å²) in [5, 5.41) is 3.15. The molecule has 0 saturated heterocycles. The number of carbonyl (C=O) groups excluding carboxylic acids is 1. The maximum Gasteiger partial charge on any atom is 0.324 e. The summed E-state index contributed by atoms with van der Waals surface area (Å²) in [6.07, 6.45) is 0. The van der Waals surface area contributed by atoms with Crippen molar-refractivity contribution >= 4 is 11.7 Å². The van der Waals surface area contributed by atoms with Crippen molar-refractivity contribution in [1.29, 1.82) is 0 Å². The smallest absolute Gasteiger partial charge is 0.324 e. The summed E-state index contributed by atoms with van der Waals surface area (Å²) in [4.78, 5) is 13.8. The highest BCUT2D eigenvalue weighted by Crippen LogP contribution is 2.13. The third kappa shape index (κ3) is 4.04. The number of carbonyl (C=O) groups is 1. The number of para-hydroxylation sites is 1. The second-order valence-corrected chi connectivity index (χ2v) is 4.01. The van der Waals surface area contributed by atoms with E-state index in [9.17, 15) is 4.79 Å². The van der Waals surface area contributed by atoms with E-state index in [2.05, 4.69) is 17.1 Å². The summed E-state index contributed by atoms with van der Waals surface area (Å²) in [6, 6.07) is 9.78. The molecular formula is C14H22N2O2.